The van der Waals surface area contributed by atoms with Crippen LogP contribution in [0.2, 0.25) is 13.1 Å². The average Bonchev–Trinajstić information content (AvgIpc) is 2.85. The Hall–Kier alpha value is -1.81. The Morgan fingerprint density at radius 1 is 1.26 bits per heavy atom. The molecule has 0 amide bonds. The van der Waals surface area contributed by atoms with Gasteiger partial charge in [-0.1, -0.05) is 12.1 Å². The lowest BCUT2D eigenvalue weighted by Gasteiger charge is -2.13. The number of furan rings is 1. The van der Waals surface area contributed by atoms with Crippen LogP contribution in [-0.2, 0) is 6.42 Å². The zero-order chi connectivity index (χ0) is 13.7. The van der Waals surface area contributed by atoms with Crippen LogP contribution < -0.4 is 4.43 Å². The molecule has 1 heterocycles. The van der Waals surface area contributed by atoms with E-state index in [1.165, 1.54) is 0 Å². The Labute approximate surface area is 115 Å². The maximum Gasteiger partial charge on any atom is 0.229 e. The molecule has 4 heteroatoms. The van der Waals surface area contributed by atoms with Crippen molar-refractivity contribution in [2.45, 2.75) is 26.4 Å². The largest absolute Gasteiger partial charge is 0.546 e. The second kappa shape index (κ2) is 6.38. The highest BCUT2D eigenvalue weighted by Gasteiger charge is 2.07. The molecule has 0 aliphatic heterocycles. The highest BCUT2D eigenvalue weighted by molar-refractivity contribution is 6.49. The maximum atomic E-state index is 5.92. The van der Waals surface area contributed by atoms with Crippen molar-refractivity contribution in [1.29, 1.82) is 0 Å². The van der Waals surface area contributed by atoms with Crippen molar-refractivity contribution in [3.05, 3.63) is 47.9 Å². The van der Waals surface area contributed by atoms with Crippen molar-refractivity contribution in [2.24, 2.45) is 4.99 Å². The first-order valence-corrected chi connectivity index (χ1v) is 9.26. The van der Waals surface area contributed by atoms with E-state index in [2.05, 4.69) is 18.1 Å². The fraction of sp³-hybridized carbons (Fsp3) is 0.267. The van der Waals surface area contributed by atoms with Crippen molar-refractivity contribution >= 4 is 20.9 Å². The zero-order valence-corrected chi connectivity index (χ0v) is 12.7. The van der Waals surface area contributed by atoms with Crippen LogP contribution in [0.25, 0.3) is 0 Å². The van der Waals surface area contributed by atoms with Crippen molar-refractivity contribution in [3.8, 4) is 5.75 Å². The summed E-state index contributed by atoms with van der Waals surface area (Å²) in [6.45, 7) is 6.35. The summed E-state index contributed by atoms with van der Waals surface area (Å²) in [5.41, 5.74) is 2.05. The van der Waals surface area contributed by atoms with Crippen LogP contribution in [-0.4, -0.2) is 15.3 Å². The number of para-hydroxylation sites is 1. The number of aliphatic imine (C=N–C) groups is 1. The molecule has 0 spiro atoms. The summed E-state index contributed by atoms with van der Waals surface area (Å²) in [7, 11) is -1.12. The summed E-state index contributed by atoms with van der Waals surface area (Å²) < 4.78 is 11.2. The second-order valence-electron chi connectivity index (χ2n) is 4.68. The predicted octanol–water partition coefficient (Wildman–Crippen LogP) is 3.90. The summed E-state index contributed by atoms with van der Waals surface area (Å²) in [5.74, 6) is 1.80. The van der Waals surface area contributed by atoms with Gasteiger partial charge in [0.15, 0.2) is 0 Å². The molecule has 0 unspecified atom stereocenters. The van der Waals surface area contributed by atoms with E-state index in [0.29, 0.717) is 6.42 Å². The Bertz CT molecular complexity index is 547. The monoisotopic (exact) mass is 273 g/mol. The highest BCUT2D eigenvalue weighted by atomic mass is 28.3. The second-order valence-corrected chi connectivity index (χ2v) is 7.02. The van der Waals surface area contributed by atoms with E-state index in [-0.39, 0.29) is 0 Å². The van der Waals surface area contributed by atoms with E-state index >= 15 is 0 Å². The van der Waals surface area contributed by atoms with Gasteiger partial charge in [-0.25, -0.2) is 0 Å². The first kappa shape index (κ1) is 13.6. The lowest BCUT2D eigenvalue weighted by molar-refractivity contribution is 0.527. The molecule has 0 N–H and O–H groups in total. The summed E-state index contributed by atoms with van der Waals surface area (Å²) in [6.07, 6.45) is 4.24. The van der Waals surface area contributed by atoms with Gasteiger partial charge in [-0.05, 0) is 43.8 Å². The van der Waals surface area contributed by atoms with Crippen LogP contribution in [0.1, 0.15) is 11.3 Å². The molecule has 100 valence electrons. The van der Waals surface area contributed by atoms with Gasteiger partial charge in [-0.15, -0.1) is 0 Å². The minimum Gasteiger partial charge on any atom is -0.546 e. The standard InChI is InChI=1S/C15H19NO2Si/c1-12-6-4-8-14(18-19(2)3)15(12)16-10-9-13-7-5-11-17-13/h4-8,10-11,19H,9H2,1-3H3. The molecule has 0 atom stereocenters. The fourth-order valence-corrected chi connectivity index (χ4v) is 2.50. The number of aryl methyl sites for hydroxylation is 1. The van der Waals surface area contributed by atoms with Gasteiger partial charge in [0.1, 0.15) is 17.2 Å². The van der Waals surface area contributed by atoms with Crippen LogP contribution in [0.3, 0.4) is 0 Å². The van der Waals surface area contributed by atoms with E-state index in [9.17, 15) is 0 Å². The zero-order valence-electron chi connectivity index (χ0n) is 11.6. The number of rotatable bonds is 5. The molecule has 0 bridgehead atoms. The lowest BCUT2D eigenvalue weighted by atomic mass is 10.2. The predicted molar refractivity (Wildman–Crippen MR) is 81.2 cm³/mol. The fourth-order valence-electron chi connectivity index (χ4n) is 1.80. The molecule has 2 rings (SSSR count). The minimum atomic E-state index is -1.12. The number of nitrogens with zero attached hydrogens (tertiary/aromatic N) is 1. The molecule has 2 aromatic rings. The molecule has 3 nitrogen and oxygen atoms in total. The van der Waals surface area contributed by atoms with Gasteiger partial charge in [0.25, 0.3) is 0 Å². The van der Waals surface area contributed by atoms with Gasteiger partial charge in [-0.2, -0.15) is 0 Å². The highest BCUT2D eigenvalue weighted by Crippen LogP contribution is 2.31. The third kappa shape index (κ3) is 3.82. The Balaban J connectivity index is 2.16. The van der Waals surface area contributed by atoms with Crippen molar-refractivity contribution in [1.82, 2.24) is 0 Å². The van der Waals surface area contributed by atoms with Gasteiger partial charge >= 0.3 is 0 Å². The molecule has 0 aliphatic carbocycles. The van der Waals surface area contributed by atoms with Gasteiger partial charge in [0, 0.05) is 12.6 Å². The molecule has 1 aromatic carbocycles. The van der Waals surface area contributed by atoms with Crippen LogP contribution >= 0.6 is 0 Å². The molecular weight excluding hydrogens is 254 g/mol. The third-order valence-electron chi connectivity index (χ3n) is 2.66. The van der Waals surface area contributed by atoms with Crippen molar-refractivity contribution in [2.75, 3.05) is 0 Å². The van der Waals surface area contributed by atoms with E-state index in [0.717, 1.165) is 22.8 Å². The van der Waals surface area contributed by atoms with E-state index in [4.69, 9.17) is 8.84 Å². The van der Waals surface area contributed by atoms with E-state index < -0.39 is 9.04 Å². The third-order valence-corrected chi connectivity index (χ3v) is 3.38. The van der Waals surface area contributed by atoms with Crippen molar-refractivity contribution in [3.63, 3.8) is 0 Å². The Morgan fingerprint density at radius 2 is 2.11 bits per heavy atom. The summed E-state index contributed by atoms with van der Waals surface area (Å²) in [4.78, 5) is 4.55. The number of benzene rings is 1. The van der Waals surface area contributed by atoms with Crippen LogP contribution in [0, 0.1) is 6.92 Å². The molecule has 0 radical (unpaired) electrons. The smallest absolute Gasteiger partial charge is 0.229 e. The molecule has 1 aromatic heterocycles. The number of hydrogen-bond acceptors (Lipinski definition) is 3. The summed E-state index contributed by atoms with van der Waals surface area (Å²) >= 11 is 0. The topological polar surface area (TPSA) is 34.7 Å². The van der Waals surface area contributed by atoms with Crippen LogP contribution in [0.4, 0.5) is 5.69 Å². The summed E-state index contributed by atoms with van der Waals surface area (Å²) in [5, 5.41) is 0. The Kier molecular flexibility index (Phi) is 4.57. The van der Waals surface area contributed by atoms with E-state index in [1.54, 1.807) is 6.26 Å². The maximum absolute atomic E-state index is 5.92. The van der Waals surface area contributed by atoms with E-state index in [1.807, 2.05) is 43.5 Å². The van der Waals surface area contributed by atoms with Gasteiger partial charge < -0.3 is 8.84 Å². The van der Waals surface area contributed by atoms with Gasteiger partial charge in [-0.3, -0.25) is 4.99 Å². The van der Waals surface area contributed by atoms with Gasteiger partial charge in [0.2, 0.25) is 9.04 Å². The minimum absolute atomic E-state index is 0.694. The SMILES string of the molecule is Cc1cccc(O[SiH](C)C)c1N=CCc1ccco1. The summed E-state index contributed by atoms with van der Waals surface area (Å²) in [6, 6.07) is 9.87. The molecule has 0 saturated heterocycles. The molecule has 19 heavy (non-hydrogen) atoms. The quantitative estimate of drug-likeness (QED) is 0.612. The first-order valence-electron chi connectivity index (χ1n) is 6.48. The first-order chi connectivity index (χ1) is 9.16. The average molecular weight is 273 g/mol. The van der Waals surface area contributed by atoms with Crippen molar-refractivity contribution < 1.29 is 8.84 Å². The van der Waals surface area contributed by atoms with Gasteiger partial charge in [0.05, 0.1) is 6.26 Å². The Morgan fingerprint density at radius 3 is 2.79 bits per heavy atom. The number of hydrogen-bond donors (Lipinski definition) is 0. The molecular formula is C15H19NO2Si. The van der Waals surface area contributed by atoms with Crippen LogP contribution in [0.15, 0.2) is 46.0 Å². The normalized spacial score (nSPS) is 11.4. The molecule has 0 aliphatic rings. The van der Waals surface area contributed by atoms with Crippen LogP contribution in [0.5, 0.6) is 5.75 Å². The molecule has 0 saturated carbocycles. The molecule has 0 fully saturated rings. The lowest BCUT2D eigenvalue weighted by Crippen LogP contribution is -2.11.